The molecule has 1 saturated heterocycles. The summed E-state index contributed by atoms with van der Waals surface area (Å²) in [5.41, 5.74) is 3.93. The summed E-state index contributed by atoms with van der Waals surface area (Å²) in [6.07, 6.45) is 4.28. The summed E-state index contributed by atoms with van der Waals surface area (Å²) in [5.74, 6) is 0.313. The number of aromatic amines is 1. The Bertz CT molecular complexity index is 1640. The summed E-state index contributed by atoms with van der Waals surface area (Å²) in [4.78, 5) is 29.7. The van der Waals surface area contributed by atoms with Gasteiger partial charge >= 0.3 is 5.97 Å². The van der Waals surface area contributed by atoms with E-state index in [1.54, 1.807) is 18.1 Å². The number of thiocarbonyl (C=S) groups is 1. The molecule has 1 amide bonds. The van der Waals surface area contributed by atoms with Crippen molar-refractivity contribution in [3.8, 4) is 28.4 Å². The highest BCUT2D eigenvalue weighted by atomic mass is 32.2. The molecule has 40 heavy (non-hydrogen) atoms. The van der Waals surface area contributed by atoms with Crippen molar-refractivity contribution in [1.82, 2.24) is 9.88 Å². The van der Waals surface area contributed by atoms with Gasteiger partial charge in [-0.25, -0.2) is 4.79 Å². The van der Waals surface area contributed by atoms with Gasteiger partial charge < -0.3 is 24.3 Å². The highest BCUT2D eigenvalue weighted by Gasteiger charge is 2.31. The number of nitrogens with one attached hydrogen (secondary N) is 1. The number of amides is 1. The van der Waals surface area contributed by atoms with Gasteiger partial charge in [0.05, 0.1) is 31.3 Å². The number of hydrogen-bond acceptors (Lipinski definition) is 7. The second-order valence-electron chi connectivity index (χ2n) is 8.95. The van der Waals surface area contributed by atoms with Crippen molar-refractivity contribution in [1.29, 1.82) is 0 Å². The van der Waals surface area contributed by atoms with Crippen LogP contribution in [-0.2, 0) is 4.79 Å². The molecule has 1 aliphatic heterocycles. The van der Waals surface area contributed by atoms with Crippen LogP contribution in [0.3, 0.4) is 0 Å². The number of nitrogens with zero attached hydrogens (tertiary/aromatic N) is 1. The predicted octanol–water partition coefficient (Wildman–Crippen LogP) is 6.22. The van der Waals surface area contributed by atoms with E-state index in [0.29, 0.717) is 40.3 Å². The molecule has 1 fully saturated rings. The average Bonchev–Trinajstić information content (AvgIpc) is 3.54. The Balaban J connectivity index is 1.26. The van der Waals surface area contributed by atoms with E-state index < -0.39 is 5.97 Å². The van der Waals surface area contributed by atoms with Crippen LogP contribution < -0.4 is 14.2 Å². The van der Waals surface area contributed by atoms with E-state index in [4.69, 9.17) is 31.5 Å². The number of methoxy groups -OCH3 is 2. The Morgan fingerprint density at radius 2 is 1.82 bits per heavy atom. The van der Waals surface area contributed by atoms with Crippen molar-refractivity contribution in [2.45, 2.75) is 6.42 Å². The predicted molar refractivity (Wildman–Crippen MR) is 160 cm³/mol. The molecule has 2 heterocycles. The lowest BCUT2D eigenvalue weighted by molar-refractivity contribution is -0.122. The highest BCUT2D eigenvalue weighted by Crippen LogP contribution is 2.36. The van der Waals surface area contributed by atoms with Crippen LogP contribution in [0.2, 0.25) is 0 Å². The highest BCUT2D eigenvalue weighted by molar-refractivity contribution is 8.26. The normalized spacial score (nSPS) is 14.2. The van der Waals surface area contributed by atoms with Gasteiger partial charge in [0.1, 0.15) is 10.1 Å². The summed E-state index contributed by atoms with van der Waals surface area (Å²) in [7, 11) is 3.09. The number of carbonyl (C=O) groups is 2. The second kappa shape index (κ2) is 11.8. The molecule has 0 saturated carbocycles. The number of hydrogen-bond donors (Lipinski definition) is 2. The van der Waals surface area contributed by atoms with E-state index in [9.17, 15) is 9.59 Å². The van der Waals surface area contributed by atoms with Gasteiger partial charge in [-0.05, 0) is 71.5 Å². The second-order valence-corrected chi connectivity index (χ2v) is 10.6. The largest absolute Gasteiger partial charge is 0.496 e. The molecule has 10 heteroatoms. The van der Waals surface area contributed by atoms with Crippen molar-refractivity contribution in [2.75, 3.05) is 27.4 Å². The summed E-state index contributed by atoms with van der Waals surface area (Å²) in [6.45, 7) is 0.688. The Hall–Kier alpha value is -4.28. The number of carboxylic acids is 1. The maximum absolute atomic E-state index is 13.2. The van der Waals surface area contributed by atoms with Gasteiger partial charge in [0.15, 0.2) is 11.5 Å². The summed E-state index contributed by atoms with van der Waals surface area (Å²) < 4.78 is 17.1. The van der Waals surface area contributed by atoms with Crippen LogP contribution in [0.4, 0.5) is 0 Å². The molecule has 1 aromatic heterocycles. The zero-order chi connectivity index (χ0) is 28.2. The molecule has 0 bridgehead atoms. The molecule has 4 aromatic rings. The lowest BCUT2D eigenvalue weighted by Gasteiger charge is -2.15. The van der Waals surface area contributed by atoms with Crippen molar-refractivity contribution in [3.05, 3.63) is 82.9 Å². The fourth-order valence-electron chi connectivity index (χ4n) is 4.43. The number of carbonyl (C=O) groups excluding carboxylic acids is 1. The maximum atomic E-state index is 13.2. The third-order valence-electron chi connectivity index (χ3n) is 6.46. The zero-order valence-corrected chi connectivity index (χ0v) is 23.4. The Kier molecular flexibility index (Phi) is 8.09. The van der Waals surface area contributed by atoms with E-state index in [0.717, 1.165) is 33.3 Å². The Morgan fingerprint density at radius 1 is 1.02 bits per heavy atom. The first-order valence-corrected chi connectivity index (χ1v) is 13.7. The molecule has 0 atom stereocenters. The topological polar surface area (TPSA) is 101 Å². The average molecular weight is 575 g/mol. The molecule has 204 valence electrons. The number of benzene rings is 3. The standard InChI is InChI=1S/C30H26N2O6S2/c1-36-24-8-4-18(14-22(24)20-6-5-19-10-11-31-23(19)16-20)15-27-28(33)32(30(39)40-27)12-3-13-38-25-9-7-21(29(34)35)17-26(25)37-2/h4-11,14-17,31H,3,12-13H2,1-2H3,(H,34,35)/b27-15-. The van der Waals surface area contributed by atoms with E-state index in [1.165, 1.54) is 31.0 Å². The third kappa shape index (κ3) is 5.68. The first-order valence-electron chi connectivity index (χ1n) is 12.4. The number of thioether (sulfide) groups is 1. The minimum absolute atomic E-state index is 0.110. The van der Waals surface area contributed by atoms with Crippen molar-refractivity contribution < 1.29 is 28.9 Å². The van der Waals surface area contributed by atoms with E-state index in [2.05, 4.69) is 23.2 Å². The summed E-state index contributed by atoms with van der Waals surface area (Å²) in [6, 6.07) is 18.5. The fourth-order valence-corrected chi connectivity index (χ4v) is 5.73. The minimum Gasteiger partial charge on any atom is -0.496 e. The minimum atomic E-state index is -1.05. The van der Waals surface area contributed by atoms with Crippen LogP contribution in [0.25, 0.3) is 28.1 Å². The van der Waals surface area contributed by atoms with Gasteiger partial charge in [0.2, 0.25) is 0 Å². The lowest BCUT2D eigenvalue weighted by atomic mass is 10.0. The molecule has 5 rings (SSSR count). The van der Waals surface area contributed by atoms with Crippen LogP contribution in [0.1, 0.15) is 22.3 Å². The maximum Gasteiger partial charge on any atom is 0.335 e. The van der Waals surface area contributed by atoms with Crippen LogP contribution in [-0.4, -0.2) is 58.6 Å². The molecular weight excluding hydrogens is 548 g/mol. The number of H-pyrrole nitrogens is 1. The van der Waals surface area contributed by atoms with Crippen molar-refractivity contribution in [2.24, 2.45) is 0 Å². The summed E-state index contributed by atoms with van der Waals surface area (Å²) >= 11 is 6.77. The number of fused-ring (bicyclic) bond motifs is 1. The first-order chi connectivity index (χ1) is 19.4. The third-order valence-corrected chi connectivity index (χ3v) is 7.83. The van der Waals surface area contributed by atoms with Crippen molar-refractivity contribution >= 4 is 57.2 Å². The van der Waals surface area contributed by atoms with Crippen LogP contribution in [0, 0.1) is 0 Å². The molecular formula is C30H26N2O6S2. The van der Waals surface area contributed by atoms with Crippen molar-refractivity contribution in [3.63, 3.8) is 0 Å². The van der Waals surface area contributed by atoms with Crippen LogP contribution in [0.15, 0.2) is 71.8 Å². The number of carboxylic acid groups (broad SMARTS) is 1. The van der Waals surface area contributed by atoms with Crippen LogP contribution >= 0.6 is 24.0 Å². The number of rotatable bonds is 10. The van der Waals surface area contributed by atoms with Gasteiger partial charge in [-0.3, -0.25) is 9.69 Å². The molecule has 2 N–H and O–H groups in total. The molecule has 3 aromatic carbocycles. The van der Waals surface area contributed by atoms with Gasteiger partial charge in [0, 0.05) is 23.8 Å². The van der Waals surface area contributed by atoms with Gasteiger partial charge in [-0.2, -0.15) is 0 Å². The number of ether oxygens (including phenoxy) is 3. The molecule has 0 unspecified atom stereocenters. The monoisotopic (exact) mass is 574 g/mol. The Morgan fingerprint density at radius 3 is 2.60 bits per heavy atom. The molecule has 8 nitrogen and oxygen atoms in total. The number of aromatic carboxylic acids is 1. The first kappa shape index (κ1) is 27.3. The van der Waals surface area contributed by atoms with Gasteiger partial charge in [0.25, 0.3) is 5.91 Å². The molecule has 1 aliphatic rings. The van der Waals surface area contributed by atoms with E-state index in [-0.39, 0.29) is 11.5 Å². The Labute approximate surface area is 240 Å². The van der Waals surface area contributed by atoms with E-state index >= 15 is 0 Å². The lowest BCUT2D eigenvalue weighted by Crippen LogP contribution is -2.29. The van der Waals surface area contributed by atoms with Gasteiger partial charge in [-0.1, -0.05) is 42.2 Å². The molecule has 0 radical (unpaired) electrons. The zero-order valence-electron chi connectivity index (χ0n) is 21.8. The van der Waals surface area contributed by atoms with Crippen LogP contribution in [0.5, 0.6) is 17.2 Å². The van der Waals surface area contributed by atoms with Gasteiger partial charge in [-0.15, -0.1) is 0 Å². The number of aromatic nitrogens is 1. The quantitative estimate of drug-likeness (QED) is 0.131. The SMILES string of the molecule is COc1cc(C(=O)O)ccc1OCCCN1C(=O)/C(=C/c2ccc(OC)c(-c3ccc4cc[nH]c4c3)c2)SC1=S. The fraction of sp³-hybridized carbons (Fsp3) is 0.167. The van der Waals surface area contributed by atoms with E-state index in [1.807, 2.05) is 36.5 Å². The smallest absolute Gasteiger partial charge is 0.335 e. The molecule has 0 aliphatic carbocycles. The molecule has 0 spiro atoms. The summed E-state index contributed by atoms with van der Waals surface area (Å²) in [5, 5.41) is 10.3.